The Morgan fingerprint density at radius 1 is 0.592 bits per heavy atom. The number of phosphoric ester groups is 1. The molecular formula is C55H109N3O17P-. The van der Waals surface area contributed by atoms with Gasteiger partial charge in [-0.1, -0.05) is 202 Å². The average molecular weight is 1120 g/mol. The number of hydrogen-bond donors (Lipinski definition) is 10. The molecule has 2 fully saturated rings. The molecule has 0 aromatic carbocycles. The van der Waals surface area contributed by atoms with E-state index in [0.717, 1.165) is 70.6 Å². The van der Waals surface area contributed by atoms with Crippen LogP contribution in [0.15, 0.2) is 0 Å². The molecule has 0 radical (unpaired) electrons. The van der Waals surface area contributed by atoms with Crippen molar-refractivity contribution in [2.45, 2.75) is 320 Å². The van der Waals surface area contributed by atoms with Crippen molar-refractivity contribution in [3.63, 3.8) is 0 Å². The number of esters is 1. The van der Waals surface area contributed by atoms with Gasteiger partial charge < -0.3 is 80.7 Å². The Labute approximate surface area is 457 Å². The largest absolute Gasteiger partial charge is 0.756 e. The molecule has 2 rings (SSSR count). The first-order chi connectivity index (χ1) is 35.5. The molecule has 2 amide bonds. The third-order valence-electron chi connectivity index (χ3n) is 14.3. The number of carbonyl (C=O) groups excluding carboxylic acids is 3. The van der Waals surface area contributed by atoms with Gasteiger partial charge in [-0.15, -0.1) is 0 Å². The summed E-state index contributed by atoms with van der Waals surface area (Å²) in [4.78, 5) is 61.3. The van der Waals surface area contributed by atoms with Crippen LogP contribution in [0.1, 0.15) is 247 Å². The van der Waals surface area contributed by atoms with E-state index in [4.69, 9.17) is 23.5 Å². The third kappa shape index (κ3) is 33.0. The second kappa shape index (κ2) is 44.8. The Morgan fingerprint density at radius 3 is 1.50 bits per heavy atom. The lowest BCUT2D eigenvalue weighted by Gasteiger charge is -2.46. The Balaban J connectivity index is 0.0000281. The highest BCUT2D eigenvalue weighted by atomic mass is 31.2. The van der Waals surface area contributed by atoms with Crippen LogP contribution in [0.5, 0.6) is 0 Å². The number of hydrogen-bond acceptors (Lipinski definition) is 17. The Kier molecular flexibility index (Phi) is 43.7. The predicted molar refractivity (Wildman–Crippen MR) is 291 cm³/mol. The van der Waals surface area contributed by atoms with E-state index >= 15 is 0 Å². The van der Waals surface area contributed by atoms with Crippen molar-refractivity contribution in [1.82, 2.24) is 16.8 Å². The van der Waals surface area contributed by atoms with E-state index in [2.05, 4.69) is 31.4 Å². The molecule has 452 valence electrons. The lowest BCUT2D eigenvalue weighted by Crippen LogP contribution is -2.67. The Morgan fingerprint density at radius 2 is 1.03 bits per heavy atom. The molecule has 0 spiro atoms. The van der Waals surface area contributed by atoms with Crippen molar-refractivity contribution in [2.75, 3.05) is 13.2 Å². The number of rotatable bonds is 45. The van der Waals surface area contributed by atoms with Crippen molar-refractivity contribution >= 4 is 25.6 Å². The Hall–Kier alpha value is -1.88. The summed E-state index contributed by atoms with van der Waals surface area (Å²) in [5.74, 6) is -1.87. The molecule has 20 nitrogen and oxygen atoms in total. The van der Waals surface area contributed by atoms with Crippen molar-refractivity contribution in [2.24, 2.45) is 0 Å². The van der Waals surface area contributed by atoms with Crippen LogP contribution in [0.25, 0.3) is 0 Å². The van der Waals surface area contributed by atoms with E-state index in [1.807, 2.05) is 0 Å². The predicted octanol–water partition coefficient (Wildman–Crippen LogP) is 7.73. The lowest BCUT2D eigenvalue weighted by molar-refractivity contribution is -0.302. The summed E-state index contributed by atoms with van der Waals surface area (Å²) in [5, 5.41) is 70.1. The molecule has 2 aliphatic heterocycles. The topological polar surface area (TPSA) is 338 Å². The van der Waals surface area contributed by atoms with E-state index in [9.17, 15) is 59.4 Å². The minimum atomic E-state index is -5.56. The van der Waals surface area contributed by atoms with Crippen LogP contribution in [-0.2, 0) is 42.4 Å². The molecule has 13 atom stereocenters. The fourth-order valence-corrected chi connectivity index (χ4v) is 10.4. The molecule has 76 heavy (non-hydrogen) atoms. The Bertz CT molecular complexity index is 1500. The number of carbonyl (C=O) groups is 3. The van der Waals surface area contributed by atoms with Gasteiger partial charge in [-0.2, -0.15) is 0 Å². The van der Waals surface area contributed by atoms with Gasteiger partial charge in [0.15, 0.2) is 12.6 Å². The van der Waals surface area contributed by atoms with Gasteiger partial charge in [-0.05, 0) is 25.7 Å². The molecule has 0 aromatic heterocycles. The smallest absolute Gasteiger partial charge is 0.306 e. The number of unbranched alkanes of at least 4 members (excludes halogenated alkanes) is 26. The second-order valence-electron chi connectivity index (χ2n) is 21.0. The van der Waals surface area contributed by atoms with Crippen LogP contribution in [0.4, 0.5) is 0 Å². The summed E-state index contributed by atoms with van der Waals surface area (Å²) in [6, 6.07) is -3.16. The molecule has 2 aliphatic rings. The highest BCUT2D eigenvalue weighted by Gasteiger charge is 2.50. The van der Waals surface area contributed by atoms with Crippen LogP contribution < -0.4 is 21.7 Å². The van der Waals surface area contributed by atoms with Gasteiger partial charge in [-0.25, -0.2) is 0 Å². The molecule has 5 unspecified atom stereocenters. The van der Waals surface area contributed by atoms with E-state index in [1.54, 1.807) is 0 Å². The standard InChI is InChI=1S/C54H103N2O17P.CH4.H3N/c1-4-7-10-13-16-19-20-23-26-29-32-35-46(61)70-41(34-31-28-25-22-18-15-12-9-6-3)37-45(60)56-48-51(64)52(73-74(66,67)68)42(38-57)72-54(48)69-39-43-49(62)50(63)47(53(65)71-43)55-44(59)36-40(58)33-30-27-24-21-17-14-11-8-5-2;;/h40-43,47-54,57-58,62-65H,4-39H2,1-3H3,(H,55,59)(H,56,60)(H2,66,67,68);1H4;1H3/p-1/t40-,41-,42?,43?,47?,48?,49-,50-,51-,52-,53+,54-;;/m1../s1. The molecule has 2 saturated heterocycles. The quantitative estimate of drug-likeness (QED) is 0.0158. The van der Waals surface area contributed by atoms with Crippen LogP contribution in [0.3, 0.4) is 0 Å². The highest BCUT2D eigenvalue weighted by molar-refractivity contribution is 7.44. The maximum absolute atomic E-state index is 13.9. The summed E-state index contributed by atoms with van der Waals surface area (Å²) >= 11 is 0. The first-order valence-electron chi connectivity index (χ1n) is 29.0. The van der Waals surface area contributed by atoms with Gasteiger partial charge in [0.2, 0.25) is 11.8 Å². The number of aliphatic hydroxyl groups excluding tert-OH is 6. The summed E-state index contributed by atoms with van der Waals surface area (Å²) in [6.07, 6.45) is 15.9. The lowest BCUT2D eigenvalue weighted by atomic mass is 9.95. The van der Waals surface area contributed by atoms with Gasteiger partial charge in [0.25, 0.3) is 7.82 Å². The van der Waals surface area contributed by atoms with Gasteiger partial charge in [0.05, 0.1) is 32.2 Å². The van der Waals surface area contributed by atoms with Gasteiger partial charge >= 0.3 is 5.97 Å². The molecule has 0 aromatic rings. The molecule has 2 heterocycles. The van der Waals surface area contributed by atoms with Crippen LogP contribution in [0.2, 0.25) is 0 Å². The number of nitrogens with one attached hydrogen (secondary N) is 2. The first-order valence-corrected chi connectivity index (χ1v) is 30.5. The van der Waals surface area contributed by atoms with Crippen molar-refractivity contribution < 1.29 is 82.8 Å². The maximum atomic E-state index is 13.9. The fourth-order valence-electron chi connectivity index (χ4n) is 9.84. The second-order valence-corrected chi connectivity index (χ2v) is 22.2. The zero-order valence-electron chi connectivity index (χ0n) is 46.3. The van der Waals surface area contributed by atoms with Gasteiger partial charge in [-0.3, -0.25) is 18.9 Å². The molecule has 0 saturated carbocycles. The maximum Gasteiger partial charge on any atom is 0.306 e. The molecule has 12 N–H and O–H groups in total. The molecule has 21 heteroatoms. The summed E-state index contributed by atoms with van der Waals surface area (Å²) in [6.45, 7) is 4.93. The van der Waals surface area contributed by atoms with Gasteiger partial charge in [0.1, 0.15) is 54.8 Å². The normalized spacial score (nSPS) is 25.1. The number of aliphatic hydroxyl groups is 6. The van der Waals surface area contributed by atoms with Crippen LogP contribution in [-0.4, -0.2) is 140 Å². The monoisotopic (exact) mass is 1110 g/mol. The zero-order valence-corrected chi connectivity index (χ0v) is 47.1. The average Bonchev–Trinajstić information content (AvgIpc) is 3.35. The number of phosphoric acid groups is 1. The van der Waals surface area contributed by atoms with Crippen LogP contribution >= 0.6 is 7.82 Å². The molecular weight excluding hydrogens is 1010 g/mol. The van der Waals surface area contributed by atoms with E-state index in [0.29, 0.717) is 25.7 Å². The summed E-state index contributed by atoms with van der Waals surface area (Å²) in [7, 11) is -5.56. The molecule has 0 bridgehead atoms. The first kappa shape index (κ1) is 74.1. The van der Waals surface area contributed by atoms with Crippen molar-refractivity contribution in [3.05, 3.63) is 0 Å². The summed E-state index contributed by atoms with van der Waals surface area (Å²) in [5.41, 5.74) is 0. The minimum Gasteiger partial charge on any atom is -0.756 e. The highest BCUT2D eigenvalue weighted by Crippen LogP contribution is 2.38. The molecule has 0 aliphatic carbocycles. The van der Waals surface area contributed by atoms with Crippen molar-refractivity contribution in [1.29, 1.82) is 0 Å². The van der Waals surface area contributed by atoms with E-state index in [-0.39, 0.29) is 32.8 Å². The van der Waals surface area contributed by atoms with Crippen molar-refractivity contribution in [3.8, 4) is 0 Å². The van der Waals surface area contributed by atoms with Crippen LogP contribution in [0, 0.1) is 0 Å². The minimum absolute atomic E-state index is 0. The van der Waals surface area contributed by atoms with Gasteiger partial charge in [0, 0.05) is 6.42 Å². The number of amides is 2. The summed E-state index contributed by atoms with van der Waals surface area (Å²) < 4.78 is 39.6. The fraction of sp³-hybridized carbons (Fsp3) is 0.945. The zero-order chi connectivity index (χ0) is 54.6. The SMILES string of the molecule is C.CCCCCCCCCCCCCC(=O)O[C@H](CCCCCCCCCCC)CC(=O)NC1[C@H](OCC2O[C@H](O)C(NC(=O)C[C@H](O)CCCCCCCCCCC)[C@@H](O)[C@@H]2O)OC(CO)[C@@H](OP(=O)([O-])O)[C@@H]1O.N. The number of ether oxygens (including phenoxy) is 4. The van der Waals surface area contributed by atoms with E-state index in [1.165, 1.54) is 103 Å². The third-order valence-corrected chi connectivity index (χ3v) is 14.8. The van der Waals surface area contributed by atoms with E-state index < -0.39 is 112 Å².